The van der Waals surface area contributed by atoms with Gasteiger partial charge in [-0.15, -0.1) is 0 Å². The smallest absolute Gasteiger partial charge is 0.330 e. The summed E-state index contributed by atoms with van der Waals surface area (Å²) >= 11 is 0. The summed E-state index contributed by atoms with van der Waals surface area (Å²) in [5.41, 5.74) is 3.32. The summed E-state index contributed by atoms with van der Waals surface area (Å²) < 4.78 is 4.68. The fourth-order valence-corrected chi connectivity index (χ4v) is 2.14. The first-order valence-corrected chi connectivity index (χ1v) is 6.20. The number of benzene rings is 1. The summed E-state index contributed by atoms with van der Waals surface area (Å²) in [5.74, 6) is -0.582. The predicted octanol–water partition coefficient (Wildman–Crippen LogP) is 0.781. The lowest BCUT2D eigenvalue weighted by atomic mass is 10.1. The Morgan fingerprint density at radius 1 is 1.37 bits per heavy atom. The highest BCUT2D eigenvalue weighted by Gasteiger charge is 2.30. The van der Waals surface area contributed by atoms with Crippen molar-refractivity contribution in [3.05, 3.63) is 29.3 Å². The summed E-state index contributed by atoms with van der Waals surface area (Å²) in [7, 11) is 1.32. The third-order valence-electron chi connectivity index (χ3n) is 3.41. The van der Waals surface area contributed by atoms with Crippen LogP contribution in [0.15, 0.2) is 18.2 Å². The maximum Gasteiger partial charge on any atom is 0.330 e. The Hall–Kier alpha value is -2.04. The molecule has 1 aliphatic rings. The summed E-state index contributed by atoms with van der Waals surface area (Å²) in [6.45, 7) is 4.76. The van der Waals surface area contributed by atoms with E-state index in [1.54, 1.807) is 0 Å². The van der Waals surface area contributed by atoms with Gasteiger partial charge in [0.05, 0.1) is 13.7 Å². The third-order valence-corrected chi connectivity index (χ3v) is 3.41. The van der Waals surface area contributed by atoms with Crippen LogP contribution in [0.4, 0.5) is 5.69 Å². The van der Waals surface area contributed by atoms with Crippen molar-refractivity contribution in [2.75, 3.05) is 25.1 Å². The van der Waals surface area contributed by atoms with Gasteiger partial charge < -0.3 is 15.0 Å². The van der Waals surface area contributed by atoms with E-state index < -0.39 is 12.0 Å². The minimum atomic E-state index is -0.604. The van der Waals surface area contributed by atoms with Crippen LogP contribution in [0.1, 0.15) is 11.1 Å². The Bertz CT molecular complexity index is 513. The van der Waals surface area contributed by atoms with E-state index in [4.69, 9.17) is 0 Å². The van der Waals surface area contributed by atoms with Crippen LogP contribution >= 0.6 is 0 Å². The fraction of sp³-hybridized carbons (Fsp3) is 0.429. The largest absolute Gasteiger partial charge is 0.467 e. The van der Waals surface area contributed by atoms with Crippen LogP contribution in [0, 0.1) is 13.8 Å². The summed E-state index contributed by atoms with van der Waals surface area (Å²) in [6, 6.07) is 5.41. The highest BCUT2D eigenvalue weighted by Crippen LogP contribution is 2.20. The normalized spacial score (nSPS) is 19.0. The fourth-order valence-electron chi connectivity index (χ4n) is 2.14. The van der Waals surface area contributed by atoms with Gasteiger partial charge in [-0.25, -0.2) is 4.79 Å². The van der Waals surface area contributed by atoms with Gasteiger partial charge >= 0.3 is 5.97 Å². The van der Waals surface area contributed by atoms with Gasteiger partial charge in [0.25, 0.3) is 0 Å². The van der Waals surface area contributed by atoms with E-state index in [0.717, 1.165) is 11.3 Å². The number of amides is 1. The van der Waals surface area contributed by atoms with Crippen molar-refractivity contribution in [2.24, 2.45) is 0 Å². The highest BCUT2D eigenvalue weighted by atomic mass is 16.5. The molecule has 1 atom stereocenters. The molecule has 0 aliphatic carbocycles. The van der Waals surface area contributed by atoms with Crippen LogP contribution in [0.5, 0.6) is 0 Å². The van der Waals surface area contributed by atoms with Crippen molar-refractivity contribution in [1.82, 2.24) is 5.32 Å². The van der Waals surface area contributed by atoms with Gasteiger partial charge in [-0.3, -0.25) is 4.79 Å². The summed E-state index contributed by atoms with van der Waals surface area (Å²) in [6.07, 6.45) is 0. The van der Waals surface area contributed by atoms with Crippen molar-refractivity contribution in [1.29, 1.82) is 0 Å². The first kappa shape index (κ1) is 13.4. The van der Waals surface area contributed by atoms with E-state index in [9.17, 15) is 9.59 Å². The van der Waals surface area contributed by atoms with Crippen molar-refractivity contribution in [2.45, 2.75) is 19.9 Å². The second-order valence-corrected chi connectivity index (χ2v) is 4.79. The Kier molecular flexibility index (Phi) is 3.74. The number of ether oxygens (including phenoxy) is 1. The molecule has 5 heteroatoms. The summed E-state index contributed by atoms with van der Waals surface area (Å²) in [5, 5.41) is 2.64. The van der Waals surface area contributed by atoms with Gasteiger partial charge in [-0.05, 0) is 37.1 Å². The molecule has 0 bridgehead atoms. The Labute approximate surface area is 112 Å². The van der Waals surface area contributed by atoms with E-state index in [-0.39, 0.29) is 12.5 Å². The minimum Gasteiger partial charge on any atom is -0.467 e. The lowest BCUT2D eigenvalue weighted by Crippen LogP contribution is -2.57. The molecule has 1 aromatic carbocycles. The van der Waals surface area contributed by atoms with E-state index in [1.807, 2.05) is 36.9 Å². The average Bonchev–Trinajstić information content (AvgIpc) is 2.40. The van der Waals surface area contributed by atoms with Crippen LogP contribution in [0.25, 0.3) is 0 Å². The molecule has 0 spiro atoms. The third kappa shape index (κ3) is 2.86. The van der Waals surface area contributed by atoms with E-state index in [1.165, 1.54) is 12.7 Å². The molecule has 19 heavy (non-hydrogen) atoms. The van der Waals surface area contributed by atoms with Crippen molar-refractivity contribution in [3.63, 3.8) is 0 Å². The number of anilines is 1. The molecule has 1 unspecified atom stereocenters. The molecular weight excluding hydrogens is 244 g/mol. The zero-order valence-electron chi connectivity index (χ0n) is 11.4. The number of carbonyl (C=O) groups excluding carboxylic acids is 2. The highest BCUT2D eigenvalue weighted by molar-refractivity contribution is 5.89. The molecule has 1 aromatic rings. The quantitative estimate of drug-likeness (QED) is 0.800. The van der Waals surface area contributed by atoms with Crippen LogP contribution in [-0.4, -0.2) is 38.1 Å². The molecule has 2 rings (SSSR count). The standard InChI is InChI=1S/C14H18N2O3/c1-9-4-5-11(6-10(9)2)16-7-12(14(18)19-3)15-13(17)8-16/h4-6,12H,7-8H2,1-3H3,(H,15,17). The topological polar surface area (TPSA) is 58.6 Å². The molecule has 1 N–H and O–H groups in total. The summed E-state index contributed by atoms with van der Waals surface area (Å²) in [4.78, 5) is 25.1. The predicted molar refractivity (Wildman–Crippen MR) is 72.1 cm³/mol. The van der Waals surface area contributed by atoms with Crippen LogP contribution < -0.4 is 10.2 Å². The molecule has 1 heterocycles. The number of rotatable bonds is 2. The zero-order valence-corrected chi connectivity index (χ0v) is 11.4. The lowest BCUT2D eigenvalue weighted by Gasteiger charge is -2.33. The van der Waals surface area contributed by atoms with Crippen molar-refractivity contribution in [3.8, 4) is 0 Å². The number of aryl methyl sites for hydroxylation is 2. The maximum atomic E-state index is 11.7. The van der Waals surface area contributed by atoms with Crippen LogP contribution in [0.3, 0.4) is 0 Å². The second-order valence-electron chi connectivity index (χ2n) is 4.79. The molecule has 0 aromatic heterocycles. The molecule has 1 fully saturated rings. The van der Waals surface area contributed by atoms with Gasteiger partial charge in [0.2, 0.25) is 5.91 Å². The molecular formula is C14H18N2O3. The minimum absolute atomic E-state index is 0.167. The second kappa shape index (κ2) is 5.30. The van der Waals surface area contributed by atoms with E-state index in [2.05, 4.69) is 10.1 Å². The molecule has 0 saturated carbocycles. The zero-order chi connectivity index (χ0) is 14.0. The first-order valence-electron chi connectivity index (χ1n) is 6.20. The van der Waals surface area contributed by atoms with Crippen LogP contribution in [-0.2, 0) is 14.3 Å². The molecule has 0 radical (unpaired) electrons. The number of carbonyl (C=O) groups is 2. The van der Waals surface area contributed by atoms with Crippen LogP contribution in [0.2, 0.25) is 0 Å². The number of nitrogens with zero attached hydrogens (tertiary/aromatic N) is 1. The first-order chi connectivity index (χ1) is 9.01. The van der Waals surface area contributed by atoms with Crippen molar-refractivity contribution >= 4 is 17.6 Å². The van der Waals surface area contributed by atoms with Gasteiger partial charge in [0.1, 0.15) is 6.04 Å². The molecule has 1 saturated heterocycles. The number of methoxy groups -OCH3 is 1. The van der Waals surface area contributed by atoms with Gasteiger partial charge in [-0.1, -0.05) is 6.07 Å². The van der Waals surface area contributed by atoms with Gasteiger partial charge in [0, 0.05) is 12.2 Å². The number of nitrogens with one attached hydrogen (secondary N) is 1. The van der Waals surface area contributed by atoms with Gasteiger partial charge in [-0.2, -0.15) is 0 Å². The Balaban J connectivity index is 2.21. The Morgan fingerprint density at radius 3 is 2.74 bits per heavy atom. The Morgan fingerprint density at radius 2 is 2.11 bits per heavy atom. The lowest BCUT2D eigenvalue weighted by molar-refractivity contribution is -0.145. The number of piperazine rings is 1. The number of hydrogen-bond acceptors (Lipinski definition) is 4. The number of esters is 1. The van der Waals surface area contributed by atoms with Crippen molar-refractivity contribution < 1.29 is 14.3 Å². The van der Waals surface area contributed by atoms with E-state index >= 15 is 0 Å². The SMILES string of the molecule is COC(=O)C1CN(c2ccc(C)c(C)c2)CC(=O)N1. The molecule has 5 nitrogen and oxygen atoms in total. The molecule has 102 valence electrons. The molecule has 1 amide bonds. The average molecular weight is 262 g/mol. The number of hydrogen-bond donors (Lipinski definition) is 1. The maximum absolute atomic E-state index is 11.7. The van der Waals surface area contributed by atoms with Gasteiger partial charge in [0.15, 0.2) is 0 Å². The van der Waals surface area contributed by atoms with E-state index in [0.29, 0.717) is 6.54 Å². The monoisotopic (exact) mass is 262 g/mol. The molecule has 1 aliphatic heterocycles.